The van der Waals surface area contributed by atoms with Crippen LogP contribution in [-0.2, 0) is 0 Å². The van der Waals surface area contributed by atoms with Gasteiger partial charge in [0.05, 0.1) is 5.69 Å². The fourth-order valence-electron chi connectivity index (χ4n) is 1.79. The van der Waals surface area contributed by atoms with Gasteiger partial charge in [0.15, 0.2) is 11.5 Å². The molecular weight excluding hydrogens is 249 g/mol. The molecule has 3 rings (SSSR count). The van der Waals surface area contributed by atoms with Crippen molar-refractivity contribution < 1.29 is 18.7 Å². The summed E-state index contributed by atoms with van der Waals surface area (Å²) in [5.74, 6) is 0.239. The van der Waals surface area contributed by atoms with Gasteiger partial charge in [0.2, 0.25) is 6.79 Å². The van der Waals surface area contributed by atoms with Crippen LogP contribution in [0.3, 0.4) is 0 Å². The number of amides is 1. The van der Waals surface area contributed by atoms with Gasteiger partial charge in [0.25, 0.3) is 5.91 Å². The Hall–Kier alpha value is -2.56. The lowest BCUT2D eigenvalue weighted by molar-refractivity contribution is 0.102. The first-order valence-electron chi connectivity index (χ1n) is 5.69. The Bertz CT molecular complexity index is 642. The number of rotatable bonds is 2. The predicted molar refractivity (Wildman–Crippen MR) is 66.9 cm³/mol. The molecule has 1 heterocycles. The molecule has 1 N–H and O–H groups in total. The van der Waals surface area contributed by atoms with Crippen molar-refractivity contribution in [3.63, 3.8) is 0 Å². The van der Waals surface area contributed by atoms with Crippen LogP contribution in [0.15, 0.2) is 42.5 Å². The molecule has 1 aliphatic heterocycles. The summed E-state index contributed by atoms with van der Waals surface area (Å²) in [5, 5.41) is 2.51. The molecule has 0 fully saturated rings. The smallest absolute Gasteiger partial charge is 0.255 e. The second kappa shape index (κ2) is 4.61. The monoisotopic (exact) mass is 259 g/mol. The third-order valence-electron chi connectivity index (χ3n) is 2.76. The third-order valence-corrected chi connectivity index (χ3v) is 2.76. The van der Waals surface area contributed by atoms with E-state index >= 15 is 0 Å². The number of carbonyl (C=O) groups is 1. The number of fused-ring (bicyclic) bond motifs is 1. The number of carbonyl (C=O) groups excluding carboxylic acids is 1. The standard InChI is InChI=1S/C14H10FNO3/c15-10-3-1-2-4-11(10)16-14(17)9-5-6-12-13(7-9)19-8-18-12/h1-7H,8H2,(H,16,17). The Labute approximate surface area is 108 Å². The van der Waals surface area contributed by atoms with Crippen LogP contribution < -0.4 is 14.8 Å². The van der Waals surface area contributed by atoms with E-state index in [-0.39, 0.29) is 12.5 Å². The van der Waals surface area contributed by atoms with Crippen LogP contribution in [-0.4, -0.2) is 12.7 Å². The van der Waals surface area contributed by atoms with Gasteiger partial charge < -0.3 is 14.8 Å². The normalized spacial score (nSPS) is 12.3. The fourth-order valence-corrected chi connectivity index (χ4v) is 1.79. The highest BCUT2D eigenvalue weighted by atomic mass is 19.1. The highest BCUT2D eigenvalue weighted by Crippen LogP contribution is 2.32. The number of halogens is 1. The van der Waals surface area contributed by atoms with Crippen molar-refractivity contribution >= 4 is 11.6 Å². The lowest BCUT2D eigenvalue weighted by Crippen LogP contribution is -2.12. The van der Waals surface area contributed by atoms with E-state index in [2.05, 4.69) is 5.32 Å². The summed E-state index contributed by atoms with van der Waals surface area (Å²) < 4.78 is 23.8. The van der Waals surface area contributed by atoms with Gasteiger partial charge in [-0.3, -0.25) is 4.79 Å². The van der Waals surface area contributed by atoms with Gasteiger partial charge in [-0.05, 0) is 30.3 Å². The van der Waals surface area contributed by atoms with E-state index in [9.17, 15) is 9.18 Å². The van der Waals surface area contributed by atoms with Gasteiger partial charge in [-0.2, -0.15) is 0 Å². The molecule has 2 aromatic carbocycles. The van der Waals surface area contributed by atoms with E-state index in [0.29, 0.717) is 17.1 Å². The summed E-state index contributed by atoms with van der Waals surface area (Å²) in [6.45, 7) is 0.147. The number of benzene rings is 2. The zero-order chi connectivity index (χ0) is 13.2. The number of anilines is 1. The lowest BCUT2D eigenvalue weighted by Gasteiger charge is -2.06. The summed E-state index contributed by atoms with van der Waals surface area (Å²) in [5.41, 5.74) is 0.526. The van der Waals surface area contributed by atoms with Crippen molar-refractivity contribution in [1.29, 1.82) is 0 Å². The molecule has 0 aliphatic carbocycles. The molecule has 1 amide bonds. The molecule has 2 aromatic rings. The van der Waals surface area contributed by atoms with E-state index in [1.807, 2.05) is 0 Å². The SMILES string of the molecule is O=C(Nc1ccccc1F)c1ccc2c(c1)OCO2. The van der Waals surface area contributed by atoms with Crippen LogP contribution >= 0.6 is 0 Å². The maximum atomic E-state index is 13.4. The topological polar surface area (TPSA) is 47.6 Å². The zero-order valence-corrected chi connectivity index (χ0v) is 9.85. The number of para-hydroxylation sites is 1. The second-order valence-corrected chi connectivity index (χ2v) is 4.00. The number of hydrogen-bond acceptors (Lipinski definition) is 3. The van der Waals surface area contributed by atoms with Crippen LogP contribution in [0.5, 0.6) is 11.5 Å². The first-order chi connectivity index (χ1) is 9.24. The molecule has 0 bridgehead atoms. The summed E-state index contributed by atoms with van der Waals surface area (Å²) in [6.07, 6.45) is 0. The molecule has 5 heteroatoms. The lowest BCUT2D eigenvalue weighted by atomic mass is 10.2. The molecule has 0 aromatic heterocycles. The zero-order valence-electron chi connectivity index (χ0n) is 9.85. The summed E-state index contributed by atoms with van der Waals surface area (Å²) in [7, 11) is 0. The Morgan fingerprint density at radius 3 is 2.74 bits per heavy atom. The van der Waals surface area contributed by atoms with E-state index in [0.717, 1.165) is 0 Å². The van der Waals surface area contributed by atoms with Crippen LogP contribution in [0, 0.1) is 5.82 Å². The molecule has 96 valence electrons. The quantitative estimate of drug-likeness (QED) is 0.902. The second-order valence-electron chi connectivity index (χ2n) is 4.00. The minimum Gasteiger partial charge on any atom is -0.454 e. The minimum absolute atomic E-state index is 0.144. The molecule has 0 spiro atoms. The molecule has 0 saturated carbocycles. The van der Waals surface area contributed by atoms with E-state index in [1.54, 1.807) is 30.3 Å². The molecule has 4 nitrogen and oxygen atoms in total. The van der Waals surface area contributed by atoms with Crippen molar-refractivity contribution in [2.75, 3.05) is 12.1 Å². The maximum absolute atomic E-state index is 13.4. The first-order valence-corrected chi connectivity index (χ1v) is 5.69. The van der Waals surface area contributed by atoms with Crippen LogP contribution in [0.1, 0.15) is 10.4 Å². The van der Waals surface area contributed by atoms with Crippen molar-refractivity contribution in [1.82, 2.24) is 0 Å². The van der Waals surface area contributed by atoms with E-state index < -0.39 is 11.7 Å². The summed E-state index contributed by atoms with van der Waals surface area (Å²) >= 11 is 0. The molecule has 0 radical (unpaired) electrons. The molecular formula is C14H10FNO3. The Balaban J connectivity index is 1.83. The average Bonchev–Trinajstić information content (AvgIpc) is 2.88. The van der Waals surface area contributed by atoms with Crippen molar-refractivity contribution in [2.24, 2.45) is 0 Å². The van der Waals surface area contributed by atoms with Crippen LogP contribution in [0.4, 0.5) is 10.1 Å². The first kappa shape index (κ1) is 11.5. The number of ether oxygens (including phenoxy) is 2. The Kier molecular flexibility index (Phi) is 2.79. The Morgan fingerprint density at radius 2 is 1.89 bits per heavy atom. The largest absolute Gasteiger partial charge is 0.454 e. The predicted octanol–water partition coefficient (Wildman–Crippen LogP) is 2.81. The average molecular weight is 259 g/mol. The van der Waals surface area contributed by atoms with Gasteiger partial charge >= 0.3 is 0 Å². The maximum Gasteiger partial charge on any atom is 0.255 e. The highest BCUT2D eigenvalue weighted by Gasteiger charge is 2.16. The van der Waals surface area contributed by atoms with Crippen molar-refractivity contribution in [3.05, 3.63) is 53.8 Å². The highest BCUT2D eigenvalue weighted by molar-refractivity contribution is 6.04. The van der Waals surface area contributed by atoms with Gasteiger partial charge in [-0.1, -0.05) is 12.1 Å². The summed E-state index contributed by atoms with van der Waals surface area (Å²) in [6, 6.07) is 10.8. The van der Waals surface area contributed by atoms with E-state index in [1.165, 1.54) is 12.1 Å². The van der Waals surface area contributed by atoms with Crippen molar-refractivity contribution in [2.45, 2.75) is 0 Å². The minimum atomic E-state index is -0.475. The van der Waals surface area contributed by atoms with Crippen molar-refractivity contribution in [3.8, 4) is 11.5 Å². The van der Waals surface area contributed by atoms with Gasteiger partial charge in [0.1, 0.15) is 5.82 Å². The molecule has 0 unspecified atom stereocenters. The molecule has 0 atom stereocenters. The van der Waals surface area contributed by atoms with Gasteiger partial charge in [-0.25, -0.2) is 4.39 Å². The van der Waals surface area contributed by atoms with Crippen LogP contribution in [0.25, 0.3) is 0 Å². The van der Waals surface area contributed by atoms with E-state index in [4.69, 9.17) is 9.47 Å². The molecule has 0 saturated heterocycles. The number of nitrogens with one attached hydrogen (secondary N) is 1. The number of hydrogen-bond donors (Lipinski definition) is 1. The Morgan fingerprint density at radius 1 is 1.11 bits per heavy atom. The van der Waals surface area contributed by atoms with Crippen LogP contribution in [0.2, 0.25) is 0 Å². The molecule has 19 heavy (non-hydrogen) atoms. The molecule has 1 aliphatic rings. The van der Waals surface area contributed by atoms with Gasteiger partial charge in [0, 0.05) is 5.56 Å². The van der Waals surface area contributed by atoms with Gasteiger partial charge in [-0.15, -0.1) is 0 Å². The third kappa shape index (κ3) is 2.22. The summed E-state index contributed by atoms with van der Waals surface area (Å²) in [4.78, 5) is 12.0. The fraction of sp³-hybridized carbons (Fsp3) is 0.0714.